The number of nitrogens with one attached hydrogen (secondary N) is 1. The van der Waals surface area contributed by atoms with Gasteiger partial charge in [0.1, 0.15) is 23.7 Å². The smallest absolute Gasteiger partial charge is 0.251 e. The number of aliphatic hydroxyl groups excluding tert-OH is 2. The molecule has 4 atom stereocenters. The average molecular weight is 472 g/mol. The van der Waals surface area contributed by atoms with Crippen LogP contribution >= 0.6 is 0 Å². The minimum atomic E-state index is -0.842. The van der Waals surface area contributed by atoms with E-state index in [9.17, 15) is 15.0 Å². The van der Waals surface area contributed by atoms with Crippen LogP contribution in [0.5, 0.6) is 11.5 Å². The van der Waals surface area contributed by atoms with Gasteiger partial charge < -0.3 is 34.6 Å². The van der Waals surface area contributed by atoms with Crippen molar-refractivity contribution in [1.29, 1.82) is 0 Å². The van der Waals surface area contributed by atoms with E-state index < -0.39 is 18.3 Å². The zero-order chi connectivity index (χ0) is 24.1. The number of carbonyl (C=O) groups excluding carboxylic acids is 1. The summed E-state index contributed by atoms with van der Waals surface area (Å²) in [5.74, 6) is 1.28. The summed E-state index contributed by atoms with van der Waals surface area (Å²) >= 11 is 0. The molecule has 2 aliphatic heterocycles. The van der Waals surface area contributed by atoms with E-state index in [1.807, 2.05) is 24.3 Å². The largest absolute Gasteiger partial charge is 0.497 e. The maximum absolute atomic E-state index is 12.6. The minimum Gasteiger partial charge on any atom is -0.497 e. The van der Waals surface area contributed by atoms with Crippen LogP contribution < -0.4 is 19.7 Å². The molecule has 2 heterocycles. The quantitative estimate of drug-likeness (QED) is 0.518. The third-order valence-electron chi connectivity index (χ3n) is 6.62. The molecule has 184 valence electrons. The second kappa shape index (κ2) is 11.1. The Morgan fingerprint density at radius 3 is 2.38 bits per heavy atom. The van der Waals surface area contributed by atoms with E-state index in [1.54, 1.807) is 38.5 Å². The van der Waals surface area contributed by atoms with Crippen LogP contribution in [-0.4, -0.2) is 98.9 Å². The molecular weight excluding hydrogens is 438 g/mol. The fraction of sp³-hybridized carbons (Fsp3) is 0.480. The fourth-order valence-corrected chi connectivity index (χ4v) is 4.79. The van der Waals surface area contributed by atoms with Gasteiger partial charge in [0.15, 0.2) is 0 Å². The van der Waals surface area contributed by atoms with Crippen molar-refractivity contribution in [3.8, 4) is 11.5 Å². The number of nitrogens with zero attached hydrogens (tertiary/aromatic N) is 2. The molecular formula is C25H33N3O6. The zero-order valence-corrected chi connectivity index (χ0v) is 19.6. The van der Waals surface area contributed by atoms with Gasteiger partial charge in [-0.3, -0.25) is 9.69 Å². The van der Waals surface area contributed by atoms with Gasteiger partial charge in [-0.2, -0.15) is 0 Å². The zero-order valence-electron chi connectivity index (χ0n) is 19.6. The van der Waals surface area contributed by atoms with E-state index in [0.29, 0.717) is 24.4 Å². The van der Waals surface area contributed by atoms with E-state index in [-0.39, 0.29) is 25.1 Å². The molecule has 9 heteroatoms. The number of ether oxygens (including phenoxy) is 3. The van der Waals surface area contributed by atoms with Crippen LogP contribution in [0.4, 0.5) is 5.69 Å². The molecule has 2 fully saturated rings. The maximum atomic E-state index is 12.6. The minimum absolute atomic E-state index is 0.229. The number of anilines is 1. The lowest BCUT2D eigenvalue weighted by atomic mass is 10.0. The predicted octanol–water partition coefficient (Wildman–Crippen LogP) is 0.745. The summed E-state index contributed by atoms with van der Waals surface area (Å²) in [5.41, 5.74) is 1.56. The molecule has 2 aromatic rings. The molecule has 0 spiro atoms. The van der Waals surface area contributed by atoms with Crippen molar-refractivity contribution in [3.63, 3.8) is 0 Å². The molecule has 2 aromatic carbocycles. The molecule has 1 amide bonds. The SMILES string of the molecule is COc1ccc(C(=O)NC[C@H]2O[C@@H](CO)[C@@H](O)[C@H]2N2CCN(c3ccccc3OC)CC2)cc1. The van der Waals surface area contributed by atoms with Gasteiger partial charge in [0, 0.05) is 38.3 Å². The Labute approximate surface area is 199 Å². The van der Waals surface area contributed by atoms with Crippen LogP contribution in [0.3, 0.4) is 0 Å². The number of carbonyl (C=O) groups is 1. The fourth-order valence-electron chi connectivity index (χ4n) is 4.79. The molecule has 3 N–H and O–H groups in total. The summed E-state index contributed by atoms with van der Waals surface area (Å²) < 4.78 is 16.6. The Morgan fingerprint density at radius 1 is 1.03 bits per heavy atom. The monoisotopic (exact) mass is 471 g/mol. The highest BCUT2D eigenvalue weighted by atomic mass is 16.5. The molecule has 0 aliphatic carbocycles. The molecule has 0 unspecified atom stereocenters. The number of piperazine rings is 1. The van der Waals surface area contributed by atoms with Gasteiger partial charge in [-0.05, 0) is 36.4 Å². The van der Waals surface area contributed by atoms with Gasteiger partial charge in [-0.25, -0.2) is 0 Å². The van der Waals surface area contributed by atoms with Crippen LogP contribution in [0.15, 0.2) is 48.5 Å². The predicted molar refractivity (Wildman–Crippen MR) is 128 cm³/mol. The van der Waals surface area contributed by atoms with Crippen molar-refractivity contribution in [2.45, 2.75) is 24.4 Å². The van der Waals surface area contributed by atoms with Gasteiger partial charge in [0.25, 0.3) is 5.91 Å². The highest BCUT2D eigenvalue weighted by Gasteiger charge is 2.46. The number of aliphatic hydroxyl groups is 2. The Bertz CT molecular complexity index is 948. The Morgan fingerprint density at radius 2 is 1.74 bits per heavy atom. The number of para-hydroxylation sites is 2. The number of methoxy groups -OCH3 is 2. The lowest BCUT2D eigenvalue weighted by molar-refractivity contribution is -0.0209. The van der Waals surface area contributed by atoms with Crippen molar-refractivity contribution in [2.24, 2.45) is 0 Å². The maximum Gasteiger partial charge on any atom is 0.251 e. The number of rotatable bonds is 8. The van der Waals surface area contributed by atoms with Gasteiger partial charge in [-0.15, -0.1) is 0 Å². The summed E-state index contributed by atoms with van der Waals surface area (Å²) in [5, 5.41) is 23.5. The van der Waals surface area contributed by atoms with Crippen LogP contribution in [-0.2, 0) is 4.74 Å². The number of benzene rings is 2. The van der Waals surface area contributed by atoms with E-state index in [2.05, 4.69) is 15.1 Å². The van der Waals surface area contributed by atoms with E-state index in [0.717, 1.165) is 24.5 Å². The topological polar surface area (TPSA) is 104 Å². The molecule has 0 saturated carbocycles. The standard InChI is InChI=1S/C25H33N3O6/c1-32-18-9-7-17(8-10-18)25(31)26-15-21-23(24(30)22(16-29)34-21)28-13-11-27(12-14-28)19-5-3-4-6-20(19)33-2/h3-10,21-24,29-30H,11-16H2,1-2H3,(H,26,31)/t21-,22+,23+,24-/m1/s1. The van der Waals surface area contributed by atoms with E-state index in [4.69, 9.17) is 14.2 Å². The highest BCUT2D eigenvalue weighted by Crippen LogP contribution is 2.31. The number of hydrogen-bond acceptors (Lipinski definition) is 8. The molecule has 2 saturated heterocycles. The highest BCUT2D eigenvalue weighted by molar-refractivity contribution is 5.94. The summed E-state index contributed by atoms with van der Waals surface area (Å²) in [4.78, 5) is 17.1. The first-order chi connectivity index (χ1) is 16.5. The van der Waals surface area contributed by atoms with Crippen molar-refractivity contribution in [3.05, 3.63) is 54.1 Å². The first-order valence-corrected chi connectivity index (χ1v) is 11.5. The van der Waals surface area contributed by atoms with Crippen LogP contribution in [0, 0.1) is 0 Å². The van der Waals surface area contributed by atoms with Crippen LogP contribution in [0.25, 0.3) is 0 Å². The second-order valence-electron chi connectivity index (χ2n) is 8.51. The van der Waals surface area contributed by atoms with Gasteiger partial charge in [0.2, 0.25) is 0 Å². The Balaban J connectivity index is 1.39. The molecule has 0 bridgehead atoms. The molecule has 0 aromatic heterocycles. The average Bonchev–Trinajstić information content (AvgIpc) is 3.22. The normalized spacial score (nSPS) is 25.2. The van der Waals surface area contributed by atoms with E-state index in [1.165, 1.54) is 0 Å². The van der Waals surface area contributed by atoms with Gasteiger partial charge in [-0.1, -0.05) is 12.1 Å². The van der Waals surface area contributed by atoms with Crippen molar-refractivity contribution >= 4 is 11.6 Å². The molecule has 2 aliphatic rings. The van der Waals surface area contributed by atoms with Crippen molar-refractivity contribution in [2.75, 3.05) is 58.5 Å². The first kappa shape index (κ1) is 24.3. The summed E-state index contributed by atoms with van der Waals surface area (Å²) in [6.07, 6.45) is -1.96. The summed E-state index contributed by atoms with van der Waals surface area (Å²) in [6.45, 7) is 2.91. The summed E-state index contributed by atoms with van der Waals surface area (Å²) in [6, 6.07) is 14.5. The van der Waals surface area contributed by atoms with Crippen molar-refractivity contribution in [1.82, 2.24) is 10.2 Å². The lowest BCUT2D eigenvalue weighted by Crippen LogP contribution is -2.57. The Kier molecular flexibility index (Phi) is 7.89. The molecule has 9 nitrogen and oxygen atoms in total. The van der Waals surface area contributed by atoms with Gasteiger partial charge in [0.05, 0.1) is 38.7 Å². The number of hydrogen-bond donors (Lipinski definition) is 3. The number of amides is 1. The molecule has 34 heavy (non-hydrogen) atoms. The summed E-state index contributed by atoms with van der Waals surface area (Å²) in [7, 11) is 3.24. The van der Waals surface area contributed by atoms with Gasteiger partial charge >= 0.3 is 0 Å². The second-order valence-corrected chi connectivity index (χ2v) is 8.51. The lowest BCUT2D eigenvalue weighted by Gasteiger charge is -2.41. The van der Waals surface area contributed by atoms with Crippen LogP contribution in [0.2, 0.25) is 0 Å². The molecule has 0 radical (unpaired) electrons. The first-order valence-electron chi connectivity index (χ1n) is 11.5. The van der Waals surface area contributed by atoms with Crippen LogP contribution in [0.1, 0.15) is 10.4 Å². The molecule has 4 rings (SSSR count). The third-order valence-corrected chi connectivity index (χ3v) is 6.62. The van der Waals surface area contributed by atoms with Crippen molar-refractivity contribution < 1.29 is 29.2 Å². The Hall–Kier alpha value is -2.85. The van der Waals surface area contributed by atoms with E-state index >= 15 is 0 Å². The third kappa shape index (κ3) is 5.12.